The molecule has 2 atom stereocenters. The summed E-state index contributed by atoms with van der Waals surface area (Å²) in [5.74, 6) is -0.833. The van der Waals surface area contributed by atoms with Crippen molar-refractivity contribution in [1.29, 1.82) is 0 Å². The molecule has 1 aliphatic rings. The van der Waals surface area contributed by atoms with Crippen molar-refractivity contribution < 1.29 is 29.0 Å². The lowest BCUT2D eigenvalue weighted by Gasteiger charge is -2.26. The van der Waals surface area contributed by atoms with Crippen molar-refractivity contribution in [3.63, 3.8) is 0 Å². The maximum Gasteiger partial charge on any atom is 0.326 e. The molecule has 1 heterocycles. The van der Waals surface area contributed by atoms with Gasteiger partial charge in [-0.15, -0.1) is 0 Å². The molecule has 0 aromatic heterocycles. The molecule has 8 heteroatoms. The third-order valence-electron chi connectivity index (χ3n) is 4.91. The van der Waals surface area contributed by atoms with E-state index in [9.17, 15) is 19.5 Å². The Morgan fingerprint density at radius 3 is 2.57 bits per heavy atom. The molecule has 2 N–H and O–H groups in total. The van der Waals surface area contributed by atoms with Gasteiger partial charge in [0.1, 0.15) is 12.1 Å². The van der Waals surface area contributed by atoms with Crippen molar-refractivity contribution in [3.8, 4) is 11.5 Å². The Bertz CT molecular complexity index is 721. The van der Waals surface area contributed by atoms with Gasteiger partial charge in [0, 0.05) is 12.1 Å². The van der Waals surface area contributed by atoms with E-state index in [4.69, 9.17) is 9.47 Å². The van der Waals surface area contributed by atoms with Crippen molar-refractivity contribution in [2.75, 3.05) is 20.8 Å². The molecule has 1 saturated heterocycles. The van der Waals surface area contributed by atoms with Crippen LogP contribution in [0.25, 0.3) is 0 Å². The summed E-state index contributed by atoms with van der Waals surface area (Å²) in [6, 6.07) is 3.23. The molecule has 0 spiro atoms. The summed E-state index contributed by atoms with van der Waals surface area (Å²) in [5.41, 5.74) is 0.387. The fourth-order valence-electron chi connectivity index (χ4n) is 3.35. The number of amides is 2. The number of unbranched alkanes of at least 4 members (excludes halogenated alkanes) is 1. The van der Waals surface area contributed by atoms with Crippen LogP contribution in [0.4, 0.5) is 0 Å². The van der Waals surface area contributed by atoms with Crippen molar-refractivity contribution >= 4 is 17.8 Å². The van der Waals surface area contributed by atoms with E-state index in [0.717, 1.165) is 6.42 Å². The minimum absolute atomic E-state index is 0.293. The highest BCUT2D eigenvalue weighted by Crippen LogP contribution is 2.29. The van der Waals surface area contributed by atoms with Gasteiger partial charge < -0.3 is 24.8 Å². The molecule has 154 valence electrons. The lowest BCUT2D eigenvalue weighted by atomic mass is 10.1. The van der Waals surface area contributed by atoms with Gasteiger partial charge >= 0.3 is 5.97 Å². The Kier molecular flexibility index (Phi) is 7.66. The lowest BCUT2D eigenvalue weighted by molar-refractivity contribution is -0.142. The summed E-state index contributed by atoms with van der Waals surface area (Å²) >= 11 is 0. The minimum Gasteiger partial charge on any atom is -0.493 e. The monoisotopic (exact) mass is 392 g/mol. The first-order chi connectivity index (χ1) is 13.4. The van der Waals surface area contributed by atoms with E-state index in [1.807, 2.05) is 6.92 Å². The summed E-state index contributed by atoms with van der Waals surface area (Å²) in [7, 11) is 3.00. The van der Waals surface area contributed by atoms with Crippen LogP contribution in [-0.4, -0.2) is 60.6 Å². The molecule has 1 aromatic rings. The van der Waals surface area contributed by atoms with Crippen LogP contribution in [0, 0.1) is 0 Å². The largest absolute Gasteiger partial charge is 0.493 e. The standard InChI is InChI=1S/C20H28N2O6/c1-4-5-7-14(20(25)26)21-18(23)15-8-6-11-22(15)19(24)13-9-10-16(27-2)17(12-13)28-3/h9-10,12,14-15H,4-8,11H2,1-3H3,(H,21,23)(H,25,26)/t14-,15-/m0/s1. The molecule has 0 unspecified atom stereocenters. The number of likely N-dealkylation sites (tertiary alicyclic amines) is 1. The fourth-order valence-corrected chi connectivity index (χ4v) is 3.35. The number of carboxylic acid groups (broad SMARTS) is 1. The van der Waals surface area contributed by atoms with Crippen molar-refractivity contribution in [3.05, 3.63) is 23.8 Å². The van der Waals surface area contributed by atoms with Crippen molar-refractivity contribution in [1.82, 2.24) is 10.2 Å². The summed E-state index contributed by atoms with van der Waals surface area (Å²) in [5, 5.41) is 11.9. The predicted molar refractivity (Wildman–Crippen MR) is 103 cm³/mol. The molecule has 0 saturated carbocycles. The van der Waals surface area contributed by atoms with Crippen LogP contribution in [0.1, 0.15) is 49.4 Å². The van der Waals surface area contributed by atoms with Crippen LogP contribution in [0.15, 0.2) is 18.2 Å². The second-order valence-corrected chi connectivity index (χ2v) is 6.77. The Morgan fingerprint density at radius 2 is 1.96 bits per heavy atom. The van der Waals surface area contributed by atoms with Gasteiger partial charge in [-0.1, -0.05) is 19.8 Å². The number of methoxy groups -OCH3 is 2. The van der Waals surface area contributed by atoms with Crippen molar-refractivity contribution in [2.45, 2.75) is 51.1 Å². The van der Waals surface area contributed by atoms with E-state index in [0.29, 0.717) is 49.3 Å². The molecule has 2 amide bonds. The third kappa shape index (κ3) is 4.94. The Labute approximate surface area is 164 Å². The number of ether oxygens (including phenoxy) is 2. The van der Waals surface area contributed by atoms with Gasteiger partial charge in [0.2, 0.25) is 5.91 Å². The van der Waals surface area contributed by atoms with E-state index in [1.165, 1.54) is 19.1 Å². The smallest absolute Gasteiger partial charge is 0.326 e. The van der Waals surface area contributed by atoms with Crippen molar-refractivity contribution in [2.24, 2.45) is 0 Å². The number of nitrogens with zero attached hydrogens (tertiary/aromatic N) is 1. The highest BCUT2D eigenvalue weighted by atomic mass is 16.5. The Morgan fingerprint density at radius 1 is 1.25 bits per heavy atom. The zero-order chi connectivity index (χ0) is 20.7. The van der Waals surface area contributed by atoms with Gasteiger partial charge in [0.05, 0.1) is 14.2 Å². The van der Waals surface area contributed by atoms with Gasteiger partial charge in [-0.05, 0) is 37.5 Å². The maximum absolute atomic E-state index is 13.0. The average Bonchev–Trinajstić information content (AvgIpc) is 3.19. The van der Waals surface area contributed by atoms with Crippen LogP contribution in [0.5, 0.6) is 11.5 Å². The second kappa shape index (κ2) is 9.96. The average molecular weight is 392 g/mol. The maximum atomic E-state index is 13.0. The van der Waals surface area contributed by atoms with Crippen LogP contribution in [0.2, 0.25) is 0 Å². The second-order valence-electron chi connectivity index (χ2n) is 6.77. The van der Waals surface area contributed by atoms with E-state index in [2.05, 4.69) is 5.32 Å². The molecule has 8 nitrogen and oxygen atoms in total. The highest BCUT2D eigenvalue weighted by molar-refractivity contribution is 5.99. The third-order valence-corrected chi connectivity index (χ3v) is 4.91. The number of carbonyl (C=O) groups is 3. The molecule has 1 fully saturated rings. The summed E-state index contributed by atoms with van der Waals surface area (Å²) in [6.45, 7) is 2.40. The minimum atomic E-state index is -1.06. The molecular formula is C20H28N2O6. The van der Waals surface area contributed by atoms with E-state index in [-0.39, 0.29) is 5.91 Å². The number of nitrogens with one attached hydrogen (secondary N) is 1. The first-order valence-electron chi connectivity index (χ1n) is 9.49. The van der Waals surface area contributed by atoms with Crippen LogP contribution < -0.4 is 14.8 Å². The molecule has 2 rings (SSSR count). The predicted octanol–water partition coefficient (Wildman–Crippen LogP) is 2.07. The number of carbonyl (C=O) groups excluding carboxylic acids is 2. The molecule has 0 bridgehead atoms. The lowest BCUT2D eigenvalue weighted by Crippen LogP contribution is -2.50. The zero-order valence-corrected chi connectivity index (χ0v) is 16.6. The number of rotatable bonds is 9. The highest BCUT2D eigenvalue weighted by Gasteiger charge is 2.36. The quantitative estimate of drug-likeness (QED) is 0.667. The van der Waals surface area contributed by atoms with E-state index >= 15 is 0 Å². The fraction of sp³-hybridized carbons (Fsp3) is 0.550. The number of benzene rings is 1. The SMILES string of the molecule is CCCC[C@H](NC(=O)[C@@H]1CCCN1C(=O)c1ccc(OC)c(OC)c1)C(=O)O. The number of hydrogen-bond acceptors (Lipinski definition) is 5. The molecule has 1 aliphatic heterocycles. The van der Waals surface area contributed by atoms with Crippen LogP contribution in [-0.2, 0) is 9.59 Å². The first kappa shape index (κ1) is 21.5. The Balaban J connectivity index is 2.13. The van der Waals surface area contributed by atoms with Gasteiger partial charge in [0.15, 0.2) is 11.5 Å². The topological polar surface area (TPSA) is 105 Å². The van der Waals surface area contributed by atoms with Crippen LogP contribution >= 0.6 is 0 Å². The van der Waals surface area contributed by atoms with Gasteiger partial charge in [-0.2, -0.15) is 0 Å². The van der Waals surface area contributed by atoms with E-state index < -0.39 is 24.0 Å². The number of carboxylic acids is 1. The summed E-state index contributed by atoms with van der Waals surface area (Å²) in [6.07, 6.45) is 3.10. The van der Waals surface area contributed by atoms with Gasteiger partial charge in [-0.25, -0.2) is 4.79 Å². The van der Waals surface area contributed by atoms with Crippen LogP contribution in [0.3, 0.4) is 0 Å². The number of hydrogen-bond donors (Lipinski definition) is 2. The summed E-state index contributed by atoms with van der Waals surface area (Å²) < 4.78 is 10.4. The molecule has 0 aliphatic carbocycles. The van der Waals surface area contributed by atoms with Gasteiger partial charge in [-0.3, -0.25) is 9.59 Å². The van der Waals surface area contributed by atoms with E-state index in [1.54, 1.807) is 18.2 Å². The normalized spacial score (nSPS) is 17.1. The first-order valence-corrected chi connectivity index (χ1v) is 9.49. The van der Waals surface area contributed by atoms with Gasteiger partial charge in [0.25, 0.3) is 5.91 Å². The molecule has 1 aromatic carbocycles. The number of aliphatic carboxylic acids is 1. The summed E-state index contributed by atoms with van der Waals surface area (Å²) in [4.78, 5) is 38.5. The molecule has 0 radical (unpaired) electrons. The molecule has 28 heavy (non-hydrogen) atoms. The Hall–Kier alpha value is -2.77. The zero-order valence-electron chi connectivity index (χ0n) is 16.6. The molecular weight excluding hydrogens is 364 g/mol.